The molecule has 0 spiro atoms. The number of nitrogens with one attached hydrogen (secondary N) is 1. The largest absolute Gasteiger partial charge is 0.398 e. The molecule has 0 fully saturated rings. The molecule has 1 aromatic heterocycles. The number of nitrogen functional groups attached to an aromatic ring is 1. The Labute approximate surface area is 126 Å². The summed E-state index contributed by atoms with van der Waals surface area (Å²) in [6, 6.07) is 4.61. The molecule has 2 aromatic rings. The van der Waals surface area contributed by atoms with Crippen LogP contribution in [-0.4, -0.2) is 19.9 Å². The third kappa shape index (κ3) is 3.49. The molecular weight excluding hydrogens is 318 g/mol. The maximum absolute atomic E-state index is 12.2. The summed E-state index contributed by atoms with van der Waals surface area (Å²) in [5.41, 5.74) is 6.68. The van der Waals surface area contributed by atoms with E-state index in [0.29, 0.717) is 6.42 Å². The lowest BCUT2D eigenvalue weighted by molar-refractivity contribution is 0.582. The Morgan fingerprint density at radius 1 is 1.45 bits per heavy atom. The van der Waals surface area contributed by atoms with Crippen LogP contribution in [0.2, 0.25) is 5.02 Å². The zero-order chi connectivity index (χ0) is 14.8. The summed E-state index contributed by atoms with van der Waals surface area (Å²) < 4.78 is 26.8. The molecule has 0 aliphatic carbocycles. The molecule has 0 saturated heterocycles. The predicted molar refractivity (Wildman–Crippen MR) is 81.6 cm³/mol. The molecule has 8 heteroatoms. The van der Waals surface area contributed by atoms with Gasteiger partial charge in [-0.15, -0.1) is 11.3 Å². The first-order chi connectivity index (χ1) is 9.40. The molecule has 1 heterocycles. The van der Waals surface area contributed by atoms with Crippen LogP contribution in [0.1, 0.15) is 10.7 Å². The van der Waals surface area contributed by atoms with E-state index in [-0.39, 0.29) is 22.2 Å². The molecule has 0 atom stereocenters. The van der Waals surface area contributed by atoms with E-state index in [1.807, 2.05) is 12.3 Å². The van der Waals surface area contributed by atoms with E-state index in [1.54, 1.807) is 6.07 Å². The first-order valence-electron chi connectivity index (χ1n) is 5.85. The molecule has 0 amide bonds. The summed E-state index contributed by atoms with van der Waals surface area (Å²) in [5.74, 6) is 0. The molecule has 5 nitrogen and oxygen atoms in total. The van der Waals surface area contributed by atoms with Crippen LogP contribution in [0.25, 0.3) is 0 Å². The van der Waals surface area contributed by atoms with Crippen LogP contribution in [0.5, 0.6) is 0 Å². The third-order valence-electron chi connectivity index (χ3n) is 2.61. The van der Waals surface area contributed by atoms with Crippen LogP contribution in [0.15, 0.2) is 28.5 Å². The number of anilines is 1. The Morgan fingerprint density at radius 2 is 2.20 bits per heavy atom. The number of halogens is 1. The summed E-state index contributed by atoms with van der Waals surface area (Å²) in [4.78, 5) is 4.20. The number of aryl methyl sites for hydroxylation is 1. The SMILES string of the molecule is Cc1nc(CCNS(=O)(=O)c2c(N)cccc2Cl)cs1. The van der Waals surface area contributed by atoms with Crippen molar-refractivity contribution in [1.82, 2.24) is 9.71 Å². The summed E-state index contributed by atoms with van der Waals surface area (Å²) >= 11 is 7.44. The highest BCUT2D eigenvalue weighted by molar-refractivity contribution is 7.89. The Kier molecular flexibility index (Phi) is 4.64. The average Bonchev–Trinajstić information content (AvgIpc) is 2.74. The number of nitrogens with zero attached hydrogens (tertiary/aromatic N) is 1. The monoisotopic (exact) mass is 331 g/mol. The van der Waals surface area contributed by atoms with E-state index in [1.165, 1.54) is 23.5 Å². The highest BCUT2D eigenvalue weighted by atomic mass is 35.5. The second-order valence-electron chi connectivity index (χ2n) is 4.16. The van der Waals surface area contributed by atoms with Crippen LogP contribution >= 0.6 is 22.9 Å². The van der Waals surface area contributed by atoms with E-state index in [2.05, 4.69) is 9.71 Å². The summed E-state index contributed by atoms with van der Waals surface area (Å²) in [7, 11) is -3.72. The Bertz CT molecular complexity index is 693. The Hall–Kier alpha value is -1.15. The minimum absolute atomic E-state index is 0.0730. The van der Waals surface area contributed by atoms with Gasteiger partial charge in [-0.05, 0) is 19.1 Å². The van der Waals surface area contributed by atoms with Gasteiger partial charge in [0.25, 0.3) is 0 Å². The molecule has 108 valence electrons. The van der Waals surface area contributed by atoms with Crippen molar-refractivity contribution in [3.8, 4) is 0 Å². The first kappa shape index (κ1) is 15.2. The number of hydrogen-bond acceptors (Lipinski definition) is 5. The quantitative estimate of drug-likeness (QED) is 0.822. The fraction of sp³-hybridized carbons (Fsp3) is 0.250. The molecule has 20 heavy (non-hydrogen) atoms. The maximum Gasteiger partial charge on any atom is 0.244 e. The molecule has 2 rings (SSSR count). The fourth-order valence-electron chi connectivity index (χ4n) is 1.72. The smallest absolute Gasteiger partial charge is 0.244 e. The van der Waals surface area contributed by atoms with Crippen molar-refractivity contribution in [3.63, 3.8) is 0 Å². The standard InChI is InChI=1S/C12H14ClN3O2S2/c1-8-16-9(7-19-8)5-6-15-20(17,18)12-10(13)3-2-4-11(12)14/h2-4,7,15H,5-6,14H2,1H3. The van der Waals surface area contributed by atoms with Gasteiger partial charge in [0.2, 0.25) is 10.0 Å². The van der Waals surface area contributed by atoms with Crippen LogP contribution in [-0.2, 0) is 16.4 Å². The number of thiazole rings is 1. The van der Waals surface area contributed by atoms with Crippen LogP contribution in [0, 0.1) is 6.92 Å². The van der Waals surface area contributed by atoms with E-state index in [4.69, 9.17) is 17.3 Å². The van der Waals surface area contributed by atoms with Crippen molar-refractivity contribution < 1.29 is 8.42 Å². The van der Waals surface area contributed by atoms with Gasteiger partial charge in [0, 0.05) is 18.3 Å². The summed E-state index contributed by atoms with van der Waals surface area (Å²) in [6.45, 7) is 2.15. The van der Waals surface area contributed by atoms with Gasteiger partial charge in [-0.25, -0.2) is 18.1 Å². The normalized spacial score (nSPS) is 11.7. The fourth-order valence-corrected chi connectivity index (χ4v) is 4.07. The molecule has 0 radical (unpaired) electrons. The van der Waals surface area contributed by atoms with Crippen LogP contribution in [0.4, 0.5) is 5.69 Å². The minimum Gasteiger partial charge on any atom is -0.398 e. The minimum atomic E-state index is -3.72. The molecule has 0 bridgehead atoms. The van der Waals surface area contributed by atoms with E-state index < -0.39 is 10.0 Å². The van der Waals surface area contributed by atoms with Crippen LogP contribution < -0.4 is 10.5 Å². The van der Waals surface area contributed by atoms with E-state index in [9.17, 15) is 8.42 Å². The maximum atomic E-state index is 12.2. The zero-order valence-electron chi connectivity index (χ0n) is 10.8. The third-order valence-corrected chi connectivity index (χ3v) is 5.43. The van der Waals surface area contributed by atoms with Gasteiger partial charge in [0.1, 0.15) is 4.90 Å². The Balaban J connectivity index is 2.08. The number of benzene rings is 1. The second kappa shape index (κ2) is 6.09. The zero-order valence-corrected chi connectivity index (χ0v) is 13.1. The molecule has 0 aliphatic heterocycles. The highest BCUT2D eigenvalue weighted by Crippen LogP contribution is 2.26. The molecule has 3 N–H and O–H groups in total. The summed E-state index contributed by atoms with van der Waals surface area (Å²) in [5, 5.41) is 2.98. The number of rotatable bonds is 5. The summed E-state index contributed by atoms with van der Waals surface area (Å²) in [6.07, 6.45) is 0.522. The lowest BCUT2D eigenvalue weighted by Gasteiger charge is -2.10. The van der Waals surface area contributed by atoms with Crippen molar-refractivity contribution in [2.45, 2.75) is 18.2 Å². The van der Waals surface area contributed by atoms with Gasteiger partial charge >= 0.3 is 0 Å². The van der Waals surface area contributed by atoms with E-state index >= 15 is 0 Å². The topological polar surface area (TPSA) is 85.1 Å². The molecule has 0 unspecified atom stereocenters. The number of sulfonamides is 1. The van der Waals surface area contributed by atoms with Gasteiger partial charge < -0.3 is 5.73 Å². The highest BCUT2D eigenvalue weighted by Gasteiger charge is 2.20. The van der Waals surface area contributed by atoms with Gasteiger partial charge in [-0.2, -0.15) is 0 Å². The van der Waals surface area contributed by atoms with Gasteiger partial charge in [0.15, 0.2) is 0 Å². The van der Waals surface area contributed by atoms with Crippen molar-refractivity contribution in [3.05, 3.63) is 39.3 Å². The lowest BCUT2D eigenvalue weighted by Crippen LogP contribution is -2.27. The van der Waals surface area contributed by atoms with Crippen molar-refractivity contribution >= 4 is 38.6 Å². The predicted octanol–water partition coefficient (Wildman–Crippen LogP) is 2.21. The lowest BCUT2D eigenvalue weighted by atomic mass is 10.3. The second-order valence-corrected chi connectivity index (χ2v) is 7.34. The van der Waals surface area contributed by atoms with Gasteiger partial charge in [0.05, 0.1) is 21.4 Å². The van der Waals surface area contributed by atoms with Crippen LogP contribution in [0.3, 0.4) is 0 Å². The number of nitrogens with two attached hydrogens (primary N) is 1. The molecule has 0 saturated carbocycles. The van der Waals surface area contributed by atoms with E-state index in [0.717, 1.165) is 10.7 Å². The Morgan fingerprint density at radius 3 is 2.80 bits per heavy atom. The number of aromatic nitrogens is 1. The molecule has 1 aromatic carbocycles. The molecular formula is C12H14ClN3O2S2. The molecule has 0 aliphatic rings. The average molecular weight is 332 g/mol. The first-order valence-corrected chi connectivity index (χ1v) is 8.59. The van der Waals surface area contributed by atoms with Crippen molar-refractivity contribution in [2.24, 2.45) is 0 Å². The van der Waals surface area contributed by atoms with Crippen molar-refractivity contribution in [1.29, 1.82) is 0 Å². The number of hydrogen-bond donors (Lipinski definition) is 2. The van der Waals surface area contributed by atoms with Gasteiger partial charge in [-0.3, -0.25) is 0 Å². The van der Waals surface area contributed by atoms with Crippen molar-refractivity contribution in [2.75, 3.05) is 12.3 Å². The van der Waals surface area contributed by atoms with Gasteiger partial charge in [-0.1, -0.05) is 17.7 Å².